The van der Waals surface area contributed by atoms with Crippen LogP contribution in [0.1, 0.15) is 31.4 Å². The number of carbonyl (C=O) groups is 1. The highest BCUT2D eigenvalue weighted by Crippen LogP contribution is 2.36. The molecule has 1 unspecified atom stereocenters. The van der Waals surface area contributed by atoms with Crippen molar-refractivity contribution in [3.05, 3.63) is 69.2 Å². The quantitative estimate of drug-likeness (QED) is 0.576. The summed E-state index contributed by atoms with van der Waals surface area (Å²) in [6.45, 7) is 2.18. The van der Waals surface area contributed by atoms with Crippen LogP contribution in [0.4, 0.5) is 11.4 Å². The number of para-hydroxylation sites is 2. The van der Waals surface area contributed by atoms with Crippen molar-refractivity contribution in [3.8, 4) is 0 Å². The maximum Gasteiger partial charge on any atom is 0.292 e. The summed E-state index contributed by atoms with van der Waals surface area (Å²) in [4.78, 5) is 25.2. The third kappa shape index (κ3) is 4.20. The van der Waals surface area contributed by atoms with Gasteiger partial charge in [-0.05, 0) is 37.5 Å². The van der Waals surface area contributed by atoms with Gasteiger partial charge in [-0.15, -0.1) is 0 Å². The highest BCUT2D eigenvalue weighted by atomic mass is 35.5. The lowest BCUT2D eigenvalue weighted by atomic mass is 10.1. The molecule has 1 amide bonds. The SMILES string of the molecule is CC(c1ccccc1Cl)N(CC(=O)Nc1ccccc1[N+](=O)[O-])C1CC1. The van der Waals surface area contributed by atoms with Crippen LogP contribution in [0.5, 0.6) is 0 Å². The molecule has 0 aliphatic heterocycles. The molecule has 26 heavy (non-hydrogen) atoms. The molecular formula is C19H20ClN3O3. The van der Waals surface area contributed by atoms with E-state index in [9.17, 15) is 14.9 Å². The molecule has 0 aromatic heterocycles. The molecule has 6 nitrogen and oxygen atoms in total. The van der Waals surface area contributed by atoms with E-state index in [4.69, 9.17) is 11.6 Å². The fourth-order valence-electron chi connectivity index (χ4n) is 3.08. The van der Waals surface area contributed by atoms with Crippen molar-refractivity contribution in [1.82, 2.24) is 4.90 Å². The van der Waals surface area contributed by atoms with Crippen molar-refractivity contribution in [2.75, 3.05) is 11.9 Å². The smallest absolute Gasteiger partial charge is 0.292 e. The molecule has 1 aliphatic carbocycles. The first-order valence-electron chi connectivity index (χ1n) is 8.51. The van der Waals surface area contributed by atoms with Crippen molar-refractivity contribution in [2.24, 2.45) is 0 Å². The van der Waals surface area contributed by atoms with Gasteiger partial charge in [0.2, 0.25) is 5.91 Å². The summed E-state index contributed by atoms with van der Waals surface area (Å²) in [5.74, 6) is -0.273. The van der Waals surface area contributed by atoms with E-state index in [1.54, 1.807) is 12.1 Å². The number of nitro groups is 1. The van der Waals surface area contributed by atoms with E-state index in [0.717, 1.165) is 18.4 Å². The highest BCUT2D eigenvalue weighted by Gasteiger charge is 2.34. The van der Waals surface area contributed by atoms with E-state index in [-0.39, 0.29) is 29.9 Å². The predicted octanol–water partition coefficient (Wildman–Crippen LogP) is 4.41. The standard InChI is InChI=1S/C19H20ClN3O3/c1-13(15-6-2-3-7-16(15)20)22(14-10-11-14)12-19(24)21-17-8-4-5-9-18(17)23(25)26/h2-9,13-14H,10-12H2,1H3,(H,21,24). The summed E-state index contributed by atoms with van der Waals surface area (Å²) in [5.41, 5.74) is 1.07. The molecule has 2 aromatic carbocycles. The number of nitrogens with zero attached hydrogens (tertiary/aromatic N) is 2. The summed E-state index contributed by atoms with van der Waals surface area (Å²) >= 11 is 6.31. The molecule has 136 valence electrons. The third-order valence-electron chi connectivity index (χ3n) is 4.57. The lowest BCUT2D eigenvalue weighted by Gasteiger charge is -2.29. The minimum Gasteiger partial charge on any atom is -0.319 e. The molecule has 1 fully saturated rings. The van der Waals surface area contributed by atoms with Crippen molar-refractivity contribution in [1.29, 1.82) is 0 Å². The topological polar surface area (TPSA) is 75.5 Å². The first-order chi connectivity index (χ1) is 12.5. The minimum atomic E-state index is -0.499. The molecule has 3 rings (SSSR count). The average molecular weight is 374 g/mol. The summed E-state index contributed by atoms with van der Waals surface area (Å²) in [7, 11) is 0. The van der Waals surface area contributed by atoms with Crippen molar-refractivity contribution < 1.29 is 9.72 Å². The molecular weight excluding hydrogens is 354 g/mol. The Morgan fingerprint density at radius 2 is 1.92 bits per heavy atom. The lowest BCUT2D eigenvalue weighted by Crippen LogP contribution is -2.37. The highest BCUT2D eigenvalue weighted by molar-refractivity contribution is 6.31. The summed E-state index contributed by atoms with van der Waals surface area (Å²) in [6.07, 6.45) is 2.07. The van der Waals surface area contributed by atoms with Crippen LogP contribution in [-0.2, 0) is 4.79 Å². The number of carbonyl (C=O) groups excluding carboxylic acids is 1. The van der Waals surface area contributed by atoms with Gasteiger partial charge in [0.05, 0.1) is 11.5 Å². The monoisotopic (exact) mass is 373 g/mol. The fraction of sp³-hybridized carbons (Fsp3) is 0.316. The van der Waals surface area contributed by atoms with E-state index in [1.807, 2.05) is 31.2 Å². The Balaban J connectivity index is 1.74. The van der Waals surface area contributed by atoms with Crippen LogP contribution in [0.15, 0.2) is 48.5 Å². The molecule has 0 spiro atoms. The first kappa shape index (κ1) is 18.4. The van der Waals surface area contributed by atoms with E-state index in [1.165, 1.54) is 12.1 Å². The Labute approximate surface area is 156 Å². The molecule has 0 heterocycles. The second kappa shape index (κ2) is 7.85. The summed E-state index contributed by atoms with van der Waals surface area (Å²) in [6, 6.07) is 14.1. The minimum absolute atomic E-state index is 0.0206. The van der Waals surface area contributed by atoms with Crippen molar-refractivity contribution in [2.45, 2.75) is 31.8 Å². The number of nitrogens with one attached hydrogen (secondary N) is 1. The van der Waals surface area contributed by atoms with Gasteiger partial charge in [-0.25, -0.2) is 0 Å². The fourth-order valence-corrected chi connectivity index (χ4v) is 3.37. The van der Waals surface area contributed by atoms with Gasteiger partial charge in [0.1, 0.15) is 5.69 Å². The molecule has 1 saturated carbocycles. The number of rotatable bonds is 7. The number of nitro benzene ring substituents is 1. The molecule has 0 radical (unpaired) electrons. The van der Waals surface area contributed by atoms with Crippen LogP contribution >= 0.6 is 11.6 Å². The maximum absolute atomic E-state index is 12.5. The predicted molar refractivity (Wildman–Crippen MR) is 101 cm³/mol. The van der Waals surface area contributed by atoms with Crippen LogP contribution < -0.4 is 5.32 Å². The summed E-state index contributed by atoms with van der Waals surface area (Å²) < 4.78 is 0. The van der Waals surface area contributed by atoms with Crippen LogP contribution in [0.2, 0.25) is 5.02 Å². The van der Waals surface area contributed by atoms with E-state index in [0.29, 0.717) is 11.1 Å². The molecule has 0 saturated heterocycles. The Kier molecular flexibility index (Phi) is 5.54. The van der Waals surface area contributed by atoms with Gasteiger partial charge in [0.25, 0.3) is 5.69 Å². The largest absolute Gasteiger partial charge is 0.319 e. The van der Waals surface area contributed by atoms with Gasteiger partial charge in [0, 0.05) is 23.2 Å². The van der Waals surface area contributed by atoms with Gasteiger partial charge >= 0.3 is 0 Å². The molecule has 2 aromatic rings. The number of hydrogen-bond donors (Lipinski definition) is 1. The molecule has 7 heteroatoms. The number of benzene rings is 2. The number of hydrogen-bond acceptors (Lipinski definition) is 4. The zero-order valence-corrected chi connectivity index (χ0v) is 15.1. The normalized spacial score (nSPS) is 14.9. The zero-order valence-electron chi connectivity index (χ0n) is 14.4. The van der Waals surface area contributed by atoms with Crippen LogP contribution in [0.25, 0.3) is 0 Å². The molecule has 1 atom stereocenters. The maximum atomic E-state index is 12.5. The van der Waals surface area contributed by atoms with Crippen LogP contribution in [-0.4, -0.2) is 28.3 Å². The zero-order chi connectivity index (χ0) is 18.7. The van der Waals surface area contributed by atoms with E-state index < -0.39 is 4.92 Å². The second-order valence-corrected chi connectivity index (χ2v) is 6.83. The Hall–Kier alpha value is -2.44. The van der Waals surface area contributed by atoms with E-state index in [2.05, 4.69) is 10.2 Å². The lowest BCUT2D eigenvalue weighted by molar-refractivity contribution is -0.383. The van der Waals surface area contributed by atoms with Gasteiger partial charge in [-0.2, -0.15) is 0 Å². The molecule has 1 aliphatic rings. The van der Waals surface area contributed by atoms with Crippen LogP contribution in [0.3, 0.4) is 0 Å². The van der Waals surface area contributed by atoms with Gasteiger partial charge < -0.3 is 5.32 Å². The molecule has 0 bridgehead atoms. The van der Waals surface area contributed by atoms with Crippen LogP contribution in [0, 0.1) is 10.1 Å². The number of halogens is 1. The van der Waals surface area contributed by atoms with Crippen molar-refractivity contribution in [3.63, 3.8) is 0 Å². The van der Waals surface area contributed by atoms with Gasteiger partial charge in [0.15, 0.2) is 0 Å². The summed E-state index contributed by atoms with van der Waals surface area (Å²) in [5, 5.41) is 14.4. The van der Waals surface area contributed by atoms with Gasteiger partial charge in [-0.3, -0.25) is 19.8 Å². The Morgan fingerprint density at radius 1 is 1.27 bits per heavy atom. The first-order valence-corrected chi connectivity index (χ1v) is 8.88. The third-order valence-corrected chi connectivity index (χ3v) is 4.91. The number of amides is 1. The second-order valence-electron chi connectivity index (χ2n) is 6.42. The van der Waals surface area contributed by atoms with Gasteiger partial charge in [-0.1, -0.05) is 41.9 Å². The average Bonchev–Trinajstić information content (AvgIpc) is 3.45. The Morgan fingerprint density at radius 3 is 2.58 bits per heavy atom. The van der Waals surface area contributed by atoms with E-state index >= 15 is 0 Å². The van der Waals surface area contributed by atoms with Crippen molar-refractivity contribution >= 4 is 28.9 Å². The number of anilines is 1. The Bertz CT molecular complexity index is 823. The molecule has 1 N–H and O–H groups in total.